The van der Waals surface area contributed by atoms with Crippen LogP contribution in [0.25, 0.3) is 11.3 Å². The highest BCUT2D eigenvalue weighted by Crippen LogP contribution is 2.20. The Balaban J connectivity index is 1.41. The first-order chi connectivity index (χ1) is 13.6. The number of nitrogens with zero attached hydrogens (tertiary/aromatic N) is 3. The molecule has 0 unspecified atom stereocenters. The minimum absolute atomic E-state index is 0.111. The predicted octanol–water partition coefficient (Wildman–Crippen LogP) is 2.10. The number of carbonyl (C=O) groups excluding carboxylic acids is 1. The largest absolute Gasteiger partial charge is 0.388 e. The Morgan fingerprint density at radius 2 is 2.29 bits per heavy atom. The summed E-state index contributed by atoms with van der Waals surface area (Å²) >= 11 is 1.40. The molecule has 4 rings (SSSR count). The minimum Gasteiger partial charge on any atom is -0.388 e. The van der Waals surface area contributed by atoms with Gasteiger partial charge in [-0.2, -0.15) is 0 Å². The summed E-state index contributed by atoms with van der Waals surface area (Å²) in [6.07, 6.45) is 0.363. The van der Waals surface area contributed by atoms with Crippen molar-refractivity contribution in [2.45, 2.75) is 24.8 Å². The molecular weight excluding hydrogens is 385 g/mol. The molecule has 2 amide bonds. The van der Waals surface area contributed by atoms with Crippen LogP contribution < -0.4 is 10.6 Å². The van der Waals surface area contributed by atoms with Crippen molar-refractivity contribution >= 4 is 22.4 Å². The predicted molar refractivity (Wildman–Crippen MR) is 101 cm³/mol. The molecule has 3 N–H and O–H groups in total. The number of aromatic nitrogens is 3. The van der Waals surface area contributed by atoms with Crippen LogP contribution in [0.4, 0.5) is 14.2 Å². The molecule has 2 aromatic heterocycles. The van der Waals surface area contributed by atoms with E-state index in [1.54, 1.807) is 29.1 Å². The number of thiophene rings is 1. The third-order valence-corrected chi connectivity index (χ3v) is 5.16. The summed E-state index contributed by atoms with van der Waals surface area (Å²) in [5.41, 5.74) is 1.14. The minimum atomic E-state index is -0.828. The van der Waals surface area contributed by atoms with E-state index in [1.807, 2.05) is 11.4 Å². The average Bonchev–Trinajstić information content (AvgIpc) is 3.41. The Kier molecular flexibility index (Phi) is 5.33. The van der Waals surface area contributed by atoms with Gasteiger partial charge in [-0.25, -0.2) is 13.9 Å². The van der Waals surface area contributed by atoms with E-state index in [1.165, 1.54) is 23.5 Å². The number of aliphatic hydroxyl groups excluding tert-OH is 1. The maximum absolute atomic E-state index is 13.4. The maximum atomic E-state index is 13.4. The highest BCUT2D eigenvalue weighted by atomic mass is 32.1. The van der Waals surface area contributed by atoms with E-state index < -0.39 is 24.3 Å². The standard InChI is InChI=1S/C18H18FN5O3S/c19-12-4-1-3-11(7-12)13-8-24(23-22-13)9-15-17(14(25)10-27-15)21-18(26)20-16-5-2-6-28-16/h1-8,14-15,17,25H,9-10H2,(H2,20,21,26)/t14-,15+,17+/m0/s1. The third-order valence-electron chi connectivity index (χ3n) is 4.38. The molecule has 28 heavy (non-hydrogen) atoms. The van der Waals surface area contributed by atoms with Gasteiger partial charge in [0.2, 0.25) is 0 Å². The molecule has 0 aliphatic carbocycles. The van der Waals surface area contributed by atoms with E-state index in [0.717, 1.165) is 0 Å². The van der Waals surface area contributed by atoms with E-state index in [2.05, 4.69) is 20.9 Å². The molecule has 1 aliphatic heterocycles. The van der Waals surface area contributed by atoms with Crippen LogP contribution in [0.2, 0.25) is 0 Å². The number of anilines is 1. The lowest BCUT2D eigenvalue weighted by molar-refractivity contribution is 0.0748. The first kappa shape index (κ1) is 18.5. The van der Waals surface area contributed by atoms with Gasteiger partial charge in [0.25, 0.3) is 0 Å². The highest BCUT2D eigenvalue weighted by Gasteiger charge is 2.37. The molecule has 1 aliphatic rings. The second kappa shape index (κ2) is 8.05. The maximum Gasteiger partial charge on any atom is 0.320 e. The summed E-state index contributed by atoms with van der Waals surface area (Å²) in [6.45, 7) is 0.392. The van der Waals surface area contributed by atoms with Gasteiger partial charge in [-0.05, 0) is 29.6 Å². The smallest absolute Gasteiger partial charge is 0.320 e. The molecule has 0 radical (unpaired) electrons. The van der Waals surface area contributed by atoms with Gasteiger partial charge in [-0.1, -0.05) is 17.3 Å². The number of aliphatic hydroxyl groups is 1. The first-order valence-corrected chi connectivity index (χ1v) is 9.53. The number of halogens is 1. The molecule has 3 atom stereocenters. The normalized spacial score (nSPS) is 21.6. The van der Waals surface area contributed by atoms with Crippen LogP contribution in [0.1, 0.15) is 0 Å². The number of rotatable bonds is 5. The van der Waals surface area contributed by atoms with Crippen molar-refractivity contribution < 1.29 is 19.0 Å². The lowest BCUT2D eigenvalue weighted by Gasteiger charge is -2.21. The lowest BCUT2D eigenvalue weighted by Crippen LogP contribution is -2.49. The van der Waals surface area contributed by atoms with Gasteiger partial charge < -0.3 is 15.2 Å². The molecule has 1 fully saturated rings. The van der Waals surface area contributed by atoms with Crippen LogP contribution >= 0.6 is 11.3 Å². The SMILES string of the molecule is O=C(Nc1cccs1)N[C@@H]1[C@@H](O)CO[C@@H]1Cn1cc(-c2cccc(F)c2)nn1. The van der Waals surface area contributed by atoms with Crippen LogP contribution in [0, 0.1) is 5.82 Å². The van der Waals surface area contributed by atoms with Crippen LogP contribution in [-0.4, -0.2) is 51.0 Å². The van der Waals surface area contributed by atoms with Crippen molar-refractivity contribution in [2.75, 3.05) is 11.9 Å². The van der Waals surface area contributed by atoms with E-state index in [4.69, 9.17) is 4.74 Å². The van der Waals surface area contributed by atoms with Crippen LogP contribution in [0.15, 0.2) is 48.0 Å². The number of hydrogen-bond donors (Lipinski definition) is 3. The molecule has 3 aromatic rings. The fourth-order valence-electron chi connectivity index (χ4n) is 3.03. The number of urea groups is 1. The third kappa shape index (κ3) is 4.19. The second-order valence-corrected chi connectivity index (χ2v) is 7.32. The van der Waals surface area contributed by atoms with Crippen molar-refractivity contribution in [1.82, 2.24) is 20.3 Å². The Morgan fingerprint density at radius 3 is 3.07 bits per heavy atom. The molecule has 1 aromatic carbocycles. The summed E-state index contributed by atoms with van der Waals surface area (Å²) in [4.78, 5) is 12.2. The molecule has 1 saturated heterocycles. The summed E-state index contributed by atoms with van der Waals surface area (Å²) < 4.78 is 20.6. The lowest BCUT2D eigenvalue weighted by atomic mass is 10.1. The number of benzene rings is 1. The van der Waals surface area contributed by atoms with Gasteiger partial charge in [-0.3, -0.25) is 5.32 Å². The summed E-state index contributed by atoms with van der Waals surface area (Å²) in [6, 6.07) is 8.69. The Morgan fingerprint density at radius 1 is 1.39 bits per heavy atom. The van der Waals surface area contributed by atoms with Crippen molar-refractivity contribution in [3.63, 3.8) is 0 Å². The Hall–Kier alpha value is -2.82. The van der Waals surface area contributed by atoms with Crippen molar-refractivity contribution in [3.05, 3.63) is 53.8 Å². The second-order valence-electron chi connectivity index (χ2n) is 6.38. The number of ether oxygens (including phenoxy) is 1. The molecule has 0 bridgehead atoms. The summed E-state index contributed by atoms with van der Waals surface area (Å²) in [5, 5.41) is 26.3. The van der Waals surface area contributed by atoms with E-state index in [0.29, 0.717) is 16.3 Å². The average molecular weight is 403 g/mol. The fourth-order valence-corrected chi connectivity index (χ4v) is 3.65. The van der Waals surface area contributed by atoms with Crippen molar-refractivity contribution in [3.8, 4) is 11.3 Å². The molecule has 0 spiro atoms. The van der Waals surface area contributed by atoms with E-state index in [-0.39, 0.29) is 19.0 Å². The summed E-state index contributed by atoms with van der Waals surface area (Å²) in [7, 11) is 0. The van der Waals surface area contributed by atoms with Crippen molar-refractivity contribution in [1.29, 1.82) is 0 Å². The zero-order chi connectivity index (χ0) is 19.5. The number of hydrogen-bond acceptors (Lipinski definition) is 6. The first-order valence-electron chi connectivity index (χ1n) is 8.65. The Labute approximate surface area is 163 Å². The number of carbonyl (C=O) groups is 1. The molecular formula is C18H18FN5O3S. The van der Waals surface area contributed by atoms with Crippen LogP contribution in [0.3, 0.4) is 0 Å². The van der Waals surface area contributed by atoms with Crippen molar-refractivity contribution in [2.24, 2.45) is 0 Å². The monoisotopic (exact) mass is 403 g/mol. The Bertz CT molecular complexity index is 948. The number of nitrogens with one attached hydrogen (secondary N) is 2. The van der Waals surface area contributed by atoms with E-state index >= 15 is 0 Å². The molecule has 146 valence electrons. The molecule has 10 heteroatoms. The highest BCUT2D eigenvalue weighted by molar-refractivity contribution is 7.14. The van der Waals surface area contributed by atoms with Gasteiger partial charge in [0.05, 0.1) is 30.4 Å². The summed E-state index contributed by atoms with van der Waals surface area (Å²) in [5.74, 6) is -0.352. The fraction of sp³-hybridized carbons (Fsp3) is 0.278. The van der Waals surface area contributed by atoms with Gasteiger partial charge in [0.15, 0.2) is 0 Å². The molecule has 8 nitrogen and oxygen atoms in total. The quantitative estimate of drug-likeness (QED) is 0.606. The van der Waals surface area contributed by atoms with E-state index in [9.17, 15) is 14.3 Å². The van der Waals surface area contributed by atoms with Gasteiger partial charge in [0, 0.05) is 5.56 Å². The number of amides is 2. The van der Waals surface area contributed by atoms with Crippen LogP contribution in [0.5, 0.6) is 0 Å². The van der Waals surface area contributed by atoms with Gasteiger partial charge in [0.1, 0.15) is 23.7 Å². The van der Waals surface area contributed by atoms with Crippen LogP contribution in [-0.2, 0) is 11.3 Å². The van der Waals surface area contributed by atoms with Gasteiger partial charge in [-0.15, -0.1) is 16.4 Å². The molecule has 3 heterocycles. The zero-order valence-corrected chi connectivity index (χ0v) is 15.5. The molecule has 0 saturated carbocycles. The zero-order valence-electron chi connectivity index (χ0n) is 14.7. The topological polar surface area (TPSA) is 101 Å². The van der Waals surface area contributed by atoms with Gasteiger partial charge >= 0.3 is 6.03 Å².